The predicted octanol–water partition coefficient (Wildman–Crippen LogP) is 18.8. The van der Waals surface area contributed by atoms with Crippen LogP contribution >= 0.6 is 0 Å². The fourth-order valence-corrected chi connectivity index (χ4v) is 8.02. The number of carbonyl (C=O) groups is 3. The zero-order valence-electron chi connectivity index (χ0n) is 43.7. The summed E-state index contributed by atoms with van der Waals surface area (Å²) in [5.41, 5.74) is 0. The lowest BCUT2D eigenvalue weighted by atomic mass is 10.0. The highest BCUT2D eigenvalue weighted by Gasteiger charge is 2.19. The molecule has 0 aromatic rings. The first-order valence-electron chi connectivity index (χ1n) is 28.3. The highest BCUT2D eigenvalue weighted by molar-refractivity contribution is 5.71. The van der Waals surface area contributed by atoms with Crippen molar-refractivity contribution >= 4 is 17.9 Å². The number of hydrogen-bond acceptors (Lipinski definition) is 6. The van der Waals surface area contributed by atoms with Gasteiger partial charge in [-0.3, -0.25) is 14.4 Å². The first kappa shape index (κ1) is 63.1. The summed E-state index contributed by atoms with van der Waals surface area (Å²) in [6.07, 6.45) is 67.8. The molecule has 6 nitrogen and oxygen atoms in total. The lowest BCUT2D eigenvalue weighted by Crippen LogP contribution is -2.30. The van der Waals surface area contributed by atoms with Crippen molar-refractivity contribution in [3.05, 3.63) is 60.8 Å². The lowest BCUT2D eigenvalue weighted by Gasteiger charge is -2.18. The second-order valence-electron chi connectivity index (χ2n) is 18.8. The molecule has 0 rings (SSSR count). The van der Waals surface area contributed by atoms with Crippen molar-refractivity contribution in [2.75, 3.05) is 13.2 Å². The summed E-state index contributed by atoms with van der Waals surface area (Å²) in [5, 5.41) is 0. The molecule has 0 saturated heterocycles. The Balaban J connectivity index is 4.42. The Morgan fingerprint density at radius 3 is 0.970 bits per heavy atom. The first-order chi connectivity index (χ1) is 32.5. The zero-order valence-corrected chi connectivity index (χ0v) is 43.7. The molecule has 0 fully saturated rings. The molecule has 0 aliphatic heterocycles. The van der Waals surface area contributed by atoms with Crippen LogP contribution in [-0.2, 0) is 28.6 Å². The van der Waals surface area contributed by atoms with E-state index in [1.807, 2.05) is 0 Å². The number of ether oxygens (including phenoxy) is 3. The molecule has 6 heteroatoms. The van der Waals surface area contributed by atoms with Gasteiger partial charge < -0.3 is 14.2 Å². The molecule has 0 amide bonds. The van der Waals surface area contributed by atoms with Crippen LogP contribution in [0.15, 0.2) is 60.8 Å². The van der Waals surface area contributed by atoms with Crippen LogP contribution in [0.4, 0.5) is 0 Å². The monoisotopic (exact) mass is 923 g/mol. The Hall–Kier alpha value is -2.89. The highest BCUT2D eigenvalue weighted by atomic mass is 16.6. The topological polar surface area (TPSA) is 78.9 Å². The quantitative estimate of drug-likeness (QED) is 0.0262. The summed E-state index contributed by atoms with van der Waals surface area (Å²) in [5.74, 6) is -0.929. The molecular weight excluding hydrogens is 817 g/mol. The van der Waals surface area contributed by atoms with E-state index >= 15 is 0 Å². The Bertz CT molecular complexity index is 1200. The second kappa shape index (κ2) is 54.7. The minimum absolute atomic E-state index is 0.0882. The lowest BCUT2D eigenvalue weighted by molar-refractivity contribution is -0.167. The summed E-state index contributed by atoms with van der Waals surface area (Å²) < 4.78 is 16.8. The van der Waals surface area contributed by atoms with Crippen LogP contribution in [-0.4, -0.2) is 37.2 Å². The Morgan fingerprint density at radius 2 is 0.591 bits per heavy atom. The smallest absolute Gasteiger partial charge is 0.306 e. The SMILES string of the molecule is CC/C=C\C/C=C\C/C=C\C/C=C\CCCCC(=O)OC[C@H](COC(=O)CCCCCCCCCCCCCCCCCCC)OC(=O)CCCCCCC/C=C\CCCCCCCCC. The molecule has 0 radical (unpaired) electrons. The molecule has 0 aliphatic rings. The maximum atomic E-state index is 12.8. The van der Waals surface area contributed by atoms with Crippen LogP contribution in [0, 0.1) is 0 Å². The minimum atomic E-state index is -0.793. The Morgan fingerprint density at radius 1 is 0.318 bits per heavy atom. The third-order valence-electron chi connectivity index (χ3n) is 12.3. The third-order valence-corrected chi connectivity index (χ3v) is 12.3. The Kier molecular flexibility index (Phi) is 52.3. The molecule has 66 heavy (non-hydrogen) atoms. The largest absolute Gasteiger partial charge is 0.462 e. The second-order valence-corrected chi connectivity index (χ2v) is 18.8. The normalized spacial score (nSPS) is 12.5. The van der Waals surface area contributed by atoms with Crippen molar-refractivity contribution in [1.29, 1.82) is 0 Å². The molecule has 0 bridgehead atoms. The summed E-state index contributed by atoms with van der Waals surface area (Å²) in [4.78, 5) is 38.1. The van der Waals surface area contributed by atoms with Crippen molar-refractivity contribution in [2.45, 2.75) is 290 Å². The van der Waals surface area contributed by atoms with Crippen LogP contribution in [0.3, 0.4) is 0 Å². The van der Waals surface area contributed by atoms with Crippen LogP contribution < -0.4 is 0 Å². The van der Waals surface area contributed by atoms with E-state index in [4.69, 9.17) is 14.2 Å². The summed E-state index contributed by atoms with van der Waals surface area (Å²) in [6, 6.07) is 0. The molecule has 382 valence electrons. The average molecular weight is 924 g/mol. The van der Waals surface area contributed by atoms with Gasteiger partial charge in [0.05, 0.1) is 0 Å². The summed E-state index contributed by atoms with van der Waals surface area (Å²) in [7, 11) is 0. The van der Waals surface area contributed by atoms with Gasteiger partial charge >= 0.3 is 17.9 Å². The number of allylic oxidation sites excluding steroid dienone is 10. The van der Waals surface area contributed by atoms with Gasteiger partial charge in [-0.15, -0.1) is 0 Å². The molecule has 0 spiro atoms. The molecule has 0 heterocycles. The van der Waals surface area contributed by atoms with E-state index in [0.29, 0.717) is 19.3 Å². The maximum absolute atomic E-state index is 12.8. The average Bonchev–Trinajstić information content (AvgIpc) is 3.31. The Labute approximate surface area is 409 Å². The van der Waals surface area contributed by atoms with Gasteiger partial charge in [0.15, 0.2) is 6.10 Å². The van der Waals surface area contributed by atoms with Gasteiger partial charge in [0.25, 0.3) is 0 Å². The molecule has 0 aromatic carbocycles. The standard InChI is InChI=1S/C60H106O6/c1-4-7-10-13-16-19-22-25-28-30-33-35-38-41-44-47-50-53-59(62)65-56-57(55-64-58(61)52-49-46-43-40-37-34-31-27-24-21-18-15-12-9-6-3)66-60(63)54-51-48-45-42-39-36-32-29-26-23-20-17-14-11-8-5-2/h9,12,18,21,27,29,31-32,37,40,57H,4-8,10-11,13-17,19-20,22-26,28,30,33-36,38-39,41-56H2,1-3H3/b12-9-,21-18-,31-27-,32-29-,40-37-/t57-/m1/s1. The van der Waals surface area contributed by atoms with Gasteiger partial charge in [-0.2, -0.15) is 0 Å². The summed E-state index contributed by atoms with van der Waals surface area (Å²) in [6.45, 7) is 6.51. The molecule has 0 saturated carbocycles. The van der Waals surface area contributed by atoms with Gasteiger partial charge in [-0.05, 0) is 83.5 Å². The van der Waals surface area contributed by atoms with Crippen LogP contribution in [0.1, 0.15) is 284 Å². The minimum Gasteiger partial charge on any atom is -0.462 e. The van der Waals surface area contributed by atoms with Gasteiger partial charge in [-0.25, -0.2) is 0 Å². The first-order valence-corrected chi connectivity index (χ1v) is 28.3. The van der Waals surface area contributed by atoms with Gasteiger partial charge in [0, 0.05) is 19.3 Å². The van der Waals surface area contributed by atoms with Crippen LogP contribution in [0.5, 0.6) is 0 Å². The predicted molar refractivity (Wildman–Crippen MR) is 284 cm³/mol. The molecular formula is C60H106O6. The van der Waals surface area contributed by atoms with E-state index in [2.05, 4.69) is 81.5 Å². The number of unbranched alkanes of at least 4 members (excludes halogenated alkanes) is 30. The van der Waals surface area contributed by atoms with Crippen molar-refractivity contribution in [1.82, 2.24) is 0 Å². The fourth-order valence-electron chi connectivity index (χ4n) is 8.02. The van der Waals surface area contributed by atoms with E-state index in [1.165, 1.54) is 148 Å². The van der Waals surface area contributed by atoms with E-state index in [1.54, 1.807) is 0 Å². The number of carbonyl (C=O) groups excluding carboxylic acids is 3. The van der Waals surface area contributed by atoms with E-state index in [-0.39, 0.29) is 31.1 Å². The van der Waals surface area contributed by atoms with Crippen molar-refractivity contribution < 1.29 is 28.6 Å². The van der Waals surface area contributed by atoms with Gasteiger partial charge in [0.2, 0.25) is 0 Å². The molecule has 0 N–H and O–H groups in total. The van der Waals surface area contributed by atoms with E-state index in [0.717, 1.165) is 96.3 Å². The number of rotatable bonds is 51. The number of esters is 3. The molecule has 0 aromatic heterocycles. The van der Waals surface area contributed by atoms with Gasteiger partial charge in [-0.1, -0.05) is 242 Å². The molecule has 0 unspecified atom stereocenters. The zero-order chi connectivity index (χ0) is 47.9. The highest BCUT2D eigenvalue weighted by Crippen LogP contribution is 2.16. The van der Waals surface area contributed by atoms with Crippen LogP contribution in [0.2, 0.25) is 0 Å². The third kappa shape index (κ3) is 52.1. The van der Waals surface area contributed by atoms with Gasteiger partial charge in [0.1, 0.15) is 13.2 Å². The summed E-state index contributed by atoms with van der Waals surface area (Å²) >= 11 is 0. The number of hydrogen-bond donors (Lipinski definition) is 0. The van der Waals surface area contributed by atoms with E-state index in [9.17, 15) is 14.4 Å². The van der Waals surface area contributed by atoms with Crippen molar-refractivity contribution in [2.24, 2.45) is 0 Å². The van der Waals surface area contributed by atoms with Crippen molar-refractivity contribution in [3.8, 4) is 0 Å². The van der Waals surface area contributed by atoms with Crippen LogP contribution in [0.25, 0.3) is 0 Å². The molecule has 1 atom stereocenters. The van der Waals surface area contributed by atoms with Crippen molar-refractivity contribution in [3.63, 3.8) is 0 Å². The van der Waals surface area contributed by atoms with E-state index < -0.39 is 6.10 Å². The maximum Gasteiger partial charge on any atom is 0.306 e. The fraction of sp³-hybridized carbons (Fsp3) is 0.783. The molecule has 0 aliphatic carbocycles.